The van der Waals surface area contributed by atoms with Crippen molar-refractivity contribution in [3.05, 3.63) is 59.4 Å². The highest BCUT2D eigenvalue weighted by Gasteiger charge is 2.28. The standard InChI is InChI=1S/C19H19N3O3S/c23-19(13-4-5-15-18(9-13)26-12-21-15)22-16-11-24-8-6-17(16)25-10-14-3-1-2-7-20-14/h1-5,7,9,12,16-17H,6,8,10-11H2,(H,22,23)/t16-,17-/m1/s1. The van der Waals surface area contributed by atoms with Crippen molar-refractivity contribution in [3.8, 4) is 0 Å². The zero-order valence-corrected chi connectivity index (χ0v) is 14.9. The number of fused-ring (bicyclic) bond motifs is 1. The molecule has 7 heteroatoms. The van der Waals surface area contributed by atoms with E-state index in [0.29, 0.717) is 25.4 Å². The summed E-state index contributed by atoms with van der Waals surface area (Å²) in [5.74, 6) is -0.123. The molecule has 0 aliphatic carbocycles. The molecule has 4 rings (SSSR count). The average molecular weight is 369 g/mol. The molecule has 0 saturated carbocycles. The van der Waals surface area contributed by atoms with Gasteiger partial charge in [0, 0.05) is 18.4 Å². The second kappa shape index (κ2) is 7.90. The van der Waals surface area contributed by atoms with Crippen LogP contribution in [0.15, 0.2) is 48.1 Å². The lowest BCUT2D eigenvalue weighted by Crippen LogP contribution is -2.50. The van der Waals surface area contributed by atoms with Crippen LogP contribution in [0.25, 0.3) is 10.2 Å². The Kier molecular flexibility index (Phi) is 5.19. The van der Waals surface area contributed by atoms with Crippen molar-refractivity contribution < 1.29 is 14.3 Å². The van der Waals surface area contributed by atoms with Crippen LogP contribution in [-0.4, -0.2) is 41.2 Å². The summed E-state index contributed by atoms with van der Waals surface area (Å²) >= 11 is 1.52. The molecule has 2 atom stereocenters. The van der Waals surface area contributed by atoms with Gasteiger partial charge in [0.25, 0.3) is 5.91 Å². The molecule has 1 aliphatic heterocycles. The number of carbonyl (C=O) groups is 1. The van der Waals surface area contributed by atoms with E-state index in [1.54, 1.807) is 17.8 Å². The maximum Gasteiger partial charge on any atom is 0.251 e. The molecule has 6 nitrogen and oxygen atoms in total. The van der Waals surface area contributed by atoms with Crippen molar-refractivity contribution in [1.29, 1.82) is 0 Å². The third-order valence-electron chi connectivity index (χ3n) is 4.37. The first-order valence-electron chi connectivity index (χ1n) is 8.53. The van der Waals surface area contributed by atoms with E-state index >= 15 is 0 Å². The van der Waals surface area contributed by atoms with Crippen LogP contribution in [-0.2, 0) is 16.1 Å². The SMILES string of the molecule is O=C(N[C@@H]1COCC[C@H]1OCc1ccccn1)c1ccc2ncsc2c1. The predicted octanol–water partition coefficient (Wildman–Crippen LogP) is 2.80. The number of nitrogens with one attached hydrogen (secondary N) is 1. The smallest absolute Gasteiger partial charge is 0.251 e. The highest BCUT2D eigenvalue weighted by atomic mass is 32.1. The molecule has 1 N–H and O–H groups in total. The highest BCUT2D eigenvalue weighted by molar-refractivity contribution is 7.16. The van der Waals surface area contributed by atoms with Crippen LogP contribution in [0.5, 0.6) is 0 Å². The van der Waals surface area contributed by atoms with Gasteiger partial charge in [0.2, 0.25) is 0 Å². The molecule has 1 saturated heterocycles. The minimum Gasteiger partial charge on any atom is -0.379 e. The largest absolute Gasteiger partial charge is 0.379 e. The number of aromatic nitrogens is 2. The Bertz CT molecular complexity index is 884. The molecule has 0 radical (unpaired) electrons. The number of benzene rings is 1. The van der Waals surface area contributed by atoms with Gasteiger partial charge in [0.05, 0.1) is 46.8 Å². The van der Waals surface area contributed by atoms with Crippen molar-refractivity contribution in [2.75, 3.05) is 13.2 Å². The fraction of sp³-hybridized carbons (Fsp3) is 0.316. The zero-order valence-electron chi connectivity index (χ0n) is 14.1. The molecular formula is C19H19N3O3S. The number of pyridine rings is 1. The van der Waals surface area contributed by atoms with Crippen molar-refractivity contribution in [2.24, 2.45) is 0 Å². The Morgan fingerprint density at radius 2 is 2.27 bits per heavy atom. The van der Waals surface area contributed by atoms with Crippen molar-refractivity contribution in [1.82, 2.24) is 15.3 Å². The second-order valence-corrected chi connectivity index (χ2v) is 7.04. The molecule has 0 unspecified atom stereocenters. The van der Waals surface area contributed by atoms with Crippen LogP contribution in [0.1, 0.15) is 22.5 Å². The van der Waals surface area contributed by atoms with Crippen LogP contribution in [0.4, 0.5) is 0 Å². The van der Waals surface area contributed by atoms with E-state index < -0.39 is 0 Å². The molecule has 134 valence electrons. The van der Waals surface area contributed by atoms with Crippen LogP contribution < -0.4 is 5.32 Å². The normalized spacial score (nSPS) is 20.2. The first-order valence-corrected chi connectivity index (χ1v) is 9.41. The van der Waals surface area contributed by atoms with Gasteiger partial charge in [-0.05, 0) is 36.8 Å². The maximum atomic E-state index is 12.6. The lowest BCUT2D eigenvalue weighted by atomic mass is 10.1. The van der Waals surface area contributed by atoms with Crippen molar-refractivity contribution >= 4 is 27.5 Å². The van der Waals surface area contributed by atoms with E-state index in [1.165, 1.54) is 11.3 Å². The molecule has 26 heavy (non-hydrogen) atoms. The topological polar surface area (TPSA) is 73.3 Å². The van der Waals surface area contributed by atoms with Crippen molar-refractivity contribution in [2.45, 2.75) is 25.2 Å². The number of hydrogen-bond donors (Lipinski definition) is 1. The Balaban J connectivity index is 1.41. The van der Waals surface area contributed by atoms with Gasteiger partial charge in [0.15, 0.2) is 0 Å². The molecule has 1 amide bonds. The third kappa shape index (κ3) is 3.90. The molecule has 0 bridgehead atoms. The Morgan fingerprint density at radius 3 is 3.15 bits per heavy atom. The number of nitrogens with zero attached hydrogens (tertiary/aromatic N) is 2. The third-order valence-corrected chi connectivity index (χ3v) is 5.17. The number of ether oxygens (including phenoxy) is 2. The van der Waals surface area contributed by atoms with Crippen LogP contribution in [0.2, 0.25) is 0 Å². The summed E-state index contributed by atoms with van der Waals surface area (Å²) in [5.41, 5.74) is 4.18. The minimum atomic E-state index is -0.183. The Morgan fingerprint density at radius 1 is 1.31 bits per heavy atom. The summed E-state index contributed by atoms with van der Waals surface area (Å²) in [6.07, 6.45) is 2.39. The van der Waals surface area contributed by atoms with E-state index in [4.69, 9.17) is 9.47 Å². The highest BCUT2D eigenvalue weighted by Crippen LogP contribution is 2.20. The summed E-state index contributed by atoms with van der Waals surface area (Å²) < 4.78 is 12.6. The van der Waals surface area contributed by atoms with E-state index in [9.17, 15) is 4.79 Å². The maximum absolute atomic E-state index is 12.6. The fourth-order valence-corrected chi connectivity index (χ4v) is 3.69. The van der Waals surface area contributed by atoms with Gasteiger partial charge in [-0.25, -0.2) is 4.98 Å². The summed E-state index contributed by atoms with van der Waals surface area (Å²) in [5, 5.41) is 3.05. The lowest BCUT2D eigenvalue weighted by molar-refractivity contribution is -0.0612. The monoisotopic (exact) mass is 369 g/mol. The van der Waals surface area contributed by atoms with Gasteiger partial charge >= 0.3 is 0 Å². The van der Waals surface area contributed by atoms with E-state index in [2.05, 4.69) is 15.3 Å². The second-order valence-electron chi connectivity index (χ2n) is 6.15. The summed E-state index contributed by atoms with van der Waals surface area (Å²) in [6.45, 7) is 1.50. The summed E-state index contributed by atoms with van der Waals surface area (Å²) in [4.78, 5) is 21.2. The summed E-state index contributed by atoms with van der Waals surface area (Å²) in [7, 11) is 0. The fourth-order valence-electron chi connectivity index (χ4n) is 2.98. The van der Waals surface area contributed by atoms with E-state index in [0.717, 1.165) is 22.3 Å². The molecular weight excluding hydrogens is 350 g/mol. The molecule has 1 fully saturated rings. The van der Waals surface area contributed by atoms with Gasteiger partial charge in [-0.15, -0.1) is 11.3 Å². The van der Waals surface area contributed by atoms with Crippen LogP contribution >= 0.6 is 11.3 Å². The Labute approximate surface area is 155 Å². The quantitative estimate of drug-likeness (QED) is 0.749. The molecule has 2 aromatic heterocycles. The molecule has 1 aromatic carbocycles. The van der Waals surface area contributed by atoms with Crippen LogP contribution in [0.3, 0.4) is 0 Å². The van der Waals surface area contributed by atoms with Gasteiger partial charge in [-0.3, -0.25) is 9.78 Å². The van der Waals surface area contributed by atoms with E-state index in [1.807, 2.05) is 30.3 Å². The lowest BCUT2D eigenvalue weighted by Gasteiger charge is -2.32. The zero-order chi connectivity index (χ0) is 17.8. The molecule has 3 heterocycles. The first-order chi connectivity index (χ1) is 12.8. The molecule has 3 aromatic rings. The summed E-state index contributed by atoms with van der Waals surface area (Å²) in [6, 6.07) is 11.1. The van der Waals surface area contributed by atoms with Gasteiger partial charge < -0.3 is 14.8 Å². The Hall–Kier alpha value is -2.35. The number of thiazole rings is 1. The van der Waals surface area contributed by atoms with Gasteiger partial charge in [-0.1, -0.05) is 6.07 Å². The number of carbonyl (C=O) groups excluding carboxylic acids is 1. The number of hydrogen-bond acceptors (Lipinski definition) is 6. The van der Waals surface area contributed by atoms with Crippen molar-refractivity contribution in [3.63, 3.8) is 0 Å². The van der Waals surface area contributed by atoms with E-state index in [-0.39, 0.29) is 18.1 Å². The first kappa shape index (κ1) is 17.1. The average Bonchev–Trinajstić information content (AvgIpc) is 3.16. The van der Waals surface area contributed by atoms with Crippen LogP contribution in [0, 0.1) is 0 Å². The van der Waals surface area contributed by atoms with Gasteiger partial charge in [-0.2, -0.15) is 0 Å². The molecule has 1 aliphatic rings. The molecule has 0 spiro atoms. The predicted molar refractivity (Wildman–Crippen MR) is 99.1 cm³/mol. The number of rotatable bonds is 5. The minimum absolute atomic E-state index is 0.0955. The van der Waals surface area contributed by atoms with Gasteiger partial charge in [0.1, 0.15) is 0 Å². The number of amides is 1.